The van der Waals surface area contributed by atoms with Crippen LogP contribution in [0.3, 0.4) is 0 Å². The SMILES string of the molecule is [O]C(Cl)(Cl)C(Cl)(Cl)C(Cl)(Cl)C(C(Cl)(Cl)Cl)(C(Cl)(Cl)Cl)C(Cl)(Cl)Cl. The third-order valence-electron chi connectivity index (χ3n) is 2.51. The fourth-order valence-electron chi connectivity index (χ4n) is 1.43. The zero-order valence-corrected chi connectivity index (χ0v) is 20.9. The maximum absolute atomic E-state index is 11.9. The van der Waals surface area contributed by atoms with Gasteiger partial charge < -0.3 is 0 Å². The van der Waals surface area contributed by atoms with E-state index in [9.17, 15) is 5.11 Å². The Hall–Kier alpha value is 4.31. The van der Waals surface area contributed by atoms with Gasteiger partial charge in [0.15, 0.2) is 4.33 Å². The summed E-state index contributed by atoms with van der Waals surface area (Å²) in [6.45, 7) is 0. The first-order chi connectivity index (χ1) is 9.50. The van der Waals surface area contributed by atoms with E-state index < -0.39 is 30.0 Å². The van der Waals surface area contributed by atoms with Gasteiger partial charge in [-0.1, -0.05) is 174 Å². The summed E-state index contributed by atoms with van der Waals surface area (Å²) in [4.78, 5) is 0. The maximum atomic E-state index is 11.9. The molecule has 0 saturated carbocycles. The summed E-state index contributed by atoms with van der Waals surface area (Å²) in [6.07, 6.45) is 0. The molecule has 0 aliphatic heterocycles. The first-order valence-electron chi connectivity index (χ1n) is 4.54. The Kier molecular flexibility index (Phi) is 9.33. The maximum Gasteiger partial charge on any atom is 0.286 e. The second kappa shape index (κ2) is 7.86. The third-order valence-corrected chi connectivity index (χ3v) is 8.63. The molecule has 0 atom stereocenters. The molecule has 0 aromatic heterocycles. The van der Waals surface area contributed by atoms with Crippen molar-refractivity contribution in [1.82, 2.24) is 0 Å². The molecule has 0 fully saturated rings. The minimum Gasteiger partial charge on any atom is -0.190 e. The van der Waals surface area contributed by atoms with E-state index in [0.29, 0.717) is 0 Å². The average Bonchev–Trinajstić information content (AvgIpc) is 2.06. The molecular weight excluding hydrogens is 632 g/mol. The van der Waals surface area contributed by atoms with Crippen molar-refractivity contribution in [3.8, 4) is 0 Å². The Labute approximate surface area is 206 Å². The number of rotatable bonds is 3. The van der Waals surface area contributed by atoms with E-state index in [-0.39, 0.29) is 0 Å². The fourth-order valence-corrected chi connectivity index (χ4v) is 9.31. The lowest BCUT2D eigenvalue weighted by molar-refractivity contribution is 0.0790. The van der Waals surface area contributed by atoms with Gasteiger partial charge in [-0.15, -0.1) is 0 Å². The van der Waals surface area contributed by atoms with E-state index in [0.717, 1.165) is 0 Å². The van der Waals surface area contributed by atoms with Crippen molar-refractivity contribution < 1.29 is 5.11 Å². The van der Waals surface area contributed by atoms with Gasteiger partial charge in [-0.3, -0.25) is 0 Å². The molecule has 1 radical (unpaired) electrons. The van der Waals surface area contributed by atoms with Gasteiger partial charge in [0.2, 0.25) is 15.7 Å². The Morgan fingerprint density at radius 3 is 0.739 bits per heavy atom. The van der Waals surface area contributed by atoms with Gasteiger partial charge in [0.25, 0.3) is 4.52 Å². The van der Waals surface area contributed by atoms with Crippen LogP contribution in [0.15, 0.2) is 0 Å². The molecule has 16 heteroatoms. The number of halogens is 15. The lowest BCUT2D eigenvalue weighted by atomic mass is 9.85. The lowest BCUT2D eigenvalue weighted by Crippen LogP contribution is -2.71. The number of alkyl halides is 15. The molecule has 0 aliphatic rings. The van der Waals surface area contributed by atoms with Crippen LogP contribution in [-0.4, -0.2) is 24.6 Å². The van der Waals surface area contributed by atoms with E-state index in [2.05, 4.69) is 0 Å². The van der Waals surface area contributed by atoms with Gasteiger partial charge in [-0.05, 0) is 0 Å². The highest BCUT2D eigenvalue weighted by molar-refractivity contribution is 6.81. The van der Waals surface area contributed by atoms with Crippen molar-refractivity contribution in [2.24, 2.45) is 5.41 Å². The second-order valence-corrected chi connectivity index (χ2v) is 14.7. The van der Waals surface area contributed by atoms with E-state index in [1.165, 1.54) is 0 Å². The molecule has 0 saturated heterocycles. The Morgan fingerprint density at radius 2 is 0.609 bits per heavy atom. The minimum absolute atomic E-state index is 2.87. The summed E-state index contributed by atoms with van der Waals surface area (Å²) in [5, 5.41) is 11.9. The van der Waals surface area contributed by atoms with Gasteiger partial charge in [0, 0.05) is 0 Å². The summed E-state index contributed by atoms with van der Waals surface area (Å²) >= 11 is 86.8. The smallest absolute Gasteiger partial charge is 0.190 e. The Balaban J connectivity index is 7.12. The van der Waals surface area contributed by atoms with Crippen LogP contribution in [0.1, 0.15) is 0 Å². The molecular formula is C7Cl15O. The van der Waals surface area contributed by atoms with Crippen LogP contribution in [0, 0.1) is 5.41 Å². The first-order valence-corrected chi connectivity index (χ1v) is 10.2. The quantitative estimate of drug-likeness (QED) is 0.277. The monoisotopic (exact) mass is 625 g/mol. The summed E-state index contributed by atoms with van der Waals surface area (Å²) in [7, 11) is 0. The molecule has 0 aromatic carbocycles. The zero-order valence-electron chi connectivity index (χ0n) is 9.58. The van der Waals surface area contributed by atoms with Crippen LogP contribution < -0.4 is 0 Å². The third kappa shape index (κ3) is 4.57. The average molecular weight is 632 g/mol. The van der Waals surface area contributed by atoms with Crippen molar-refractivity contribution in [1.29, 1.82) is 0 Å². The standard InChI is InChI=1S/C7Cl15O/c8-2(9,3(10,11)7(21,22)23)1(4(12,13)14,5(15,16)17)6(18,19)20. The van der Waals surface area contributed by atoms with Crippen molar-refractivity contribution in [2.75, 3.05) is 0 Å². The molecule has 0 spiro atoms. The highest BCUT2D eigenvalue weighted by Gasteiger charge is 2.85. The second-order valence-electron chi connectivity index (χ2n) is 3.91. The number of hydrogen-bond acceptors (Lipinski definition) is 0. The van der Waals surface area contributed by atoms with E-state index in [1.807, 2.05) is 0 Å². The fraction of sp³-hybridized carbons (Fsp3) is 1.00. The van der Waals surface area contributed by atoms with E-state index in [1.54, 1.807) is 0 Å². The highest BCUT2D eigenvalue weighted by Crippen LogP contribution is 2.77. The number of hydrogen-bond donors (Lipinski definition) is 0. The highest BCUT2D eigenvalue weighted by atomic mass is 35.6. The van der Waals surface area contributed by atoms with Gasteiger partial charge in [0.1, 0.15) is 5.41 Å². The predicted octanol–water partition coefficient (Wildman–Crippen LogP) is 8.99. The normalized spacial score (nSPS) is 16.7. The lowest BCUT2D eigenvalue weighted by Gasteiger charge is -2.57. The molecule has 0 unspecified atom stereocenters. The summed E-state index contributed by atoms with van der Waals surface area (Å²) in [6, 6.07) is 0. The summed E-state index contributed by atoms with van der Waals surface area (Å²) < 4.78 is -18.2. The van der Waals surface area contributed by atoms with Gasteiger partial charge in [0.05, 0.1) is 0 Å². The minimum atomic E-state index is -3.33. The molecule has 1 nitrogen and oxygen atoms in total. The molecule has 0 amide bonds. The molecule has 0 rings (SSSR count). The zero-order chi connectivity index (χ0) is 19.5. The predicted molar refractivity (Wildman–Crippen MR) is 107 cm³/mol. The van der Waals surface area contributed by atoms with Crippen LogP contribution in [-0.2, 0) is 5.11 Å². The van der Waals surface area contributed by atoms with E-state index >= 15 is 0 Å². The molecule has 0 aliphatic carbocycles. The van der Waals surface area contributed by atoms with Gasteiger partial charge >= 0.3 is 0 Å². The molecule has 139 valence electrons. The Bertz CT molecular complexity index is 395. The van der Waals surface area contributed by atoms with Gasteiger partial charge in [-0.2, -0.15) is 5.11 Å². The van der Waals surface area contributed by atoms with E-state index in [4.69, 9.17) is 174 Å². The molecule has 0 bridgehead atoms. The largest absolute Gasteiger partial charge is 0.286 e. The van der Waals surface area contributed by atoms with Crippen molar-refractivity contribution in [3.63, 3.8) is 0 Å². The summed E-state index contributed by atoms with van der Waals surface area (Å²) in [5.41, 5.74) is -3.06. The van der Waals surface area contributed by atoms with Crippen LogP contribution in [0.2, 0.25) is 0 Å². The molecule has 23 heavy (non-hydrogen) atoms. The van der Waals surface area contributed by atoms with Crippen LogP contribution in [0.5, 0.6) is 0 Å². The van der Waals surface area contributed by atoms with Crippen molar-refractivity contribution >= 4 is 174 Å². The van der Waals surface area contributed by atoms with Crippen LogP contribution in [0.4, 0.5) is 0 Å². The summed E-state index contributed by atoms with van der Waals surface area (Å²) in [5.74, 6) is 0. The van der Waals surface area contributed by atoms with Crippen LogP contribution in [0.25, 0.3) is 0 Å². The van der Waals surface area contributed by atoms with Gasteiger partial charge in [-0.25, -0.2) is 0 Å². The van der Waals surface area contributed by atoms with Crippen LogP contribution >= 0.6 is 174 Å². The molecule has 0 heterocycles. The topological polar surface area (TPSA) is 19.9 Å². The molecule has 0 N–H and O–H groups in total. The first kappa shape index (κ1) is 27.3. The van der Waals surface area contributed by atoms with Crippen molar-refractivity contribution in [3.05, 3.63) is 0 Å². The van der Waals surface area contributed by atoms with Crippen molar-refractivity contribution in [2.45, 2.75) is 24.6 Å². The Morgan fingerprint density at radius 1 is 0.391 bits per heavy atom. The molecule has 0 aromatic rings.